The van der Waals surface area contributed by atoms with Crippen molar-refractivity contribution in [2.24, 2.45) is 7.05 Å². The summed E-state index contributed by atoms with van der Waals surface area (Å²) in [6.07, 6.45) is 7.32. The standard InChI is InChI=1S/C19H21FN6/c1-24-14-16(10-22-24)18-11-21-12-19(23-18)26-8-6-25(7-9-26)13-15-2-4-17(20)5-3-15/h2-5,10-12,14H,6-9,13H2,1H3. The van der Waals surface area contributed by atoms with Gasteiger partial charge >= 0.3 is 0 Å². The lowest BCUT2D eigenvalue weighted by Gasteiger charge is -2.35. The molecule has 1 aliphatic rings. The fourth-order valence-electron chi connectivity index (χ4n) is 3.18. The monoisotopic (exact) mass is 352 g/mol. The quantitative estimate of drug-likeness (QED) is 0.721. The number of halogens is 1. The summed E-state index contributed by atoms with van der Waals surface area (Å²) in [5.74, 6) is 0.707. The van der Waals surface area contributed by atoms with Gasteiger partial charge in [-0.1, -0.05) is 12.1 Å². The first-order valence-corrected chi connectivity index (χ1v) is 8.70. The van der Waals surface area contributed by atoms with Crippen molar-refractivity contribution in [1.29, 1.82) is 0 Å². The van der Waals surface area contributed by atoms with Crippen LogP contribution in [-0.4, -0.2) is 50.8 Å². The van der Waals surface area contributed by atoms with E-state index in [4.69, 9.17) is 4.98 Å². The van der Waals surface area contributed by atoms with Crippen LogP contribution in [0.2, 0.25) is 0 Å². The van der Waals surface area contributed by atoms with Crippen molar-refractivity contribution in [3.8, 4) is 11.3 Å². The molecule has 0 bridgehead atoms. The first kappa shape index (κ1) is 16.7. The van der Waals surface area contributed by atoms with Gasteiger partial charge in [-0.2, -0.15) is 5.10 Å². The van der Waals surface area contributed by atoms with E-state index < -0.39 is 0 Å². The Bertz CT molecular complexity index is 868. The lowest BCUT2D eigenvalue weighted by molar-refractivity contribution is 0.249. The lowest BCUT2D eigenvalue weighted by atomic mass is 10.2. The Balaban J connectivity index is 1.39. The largest absolute Gasteiger partial charge is 0.353 e. The Labute approximate surface area is 151 Å². The number of rotatable bonds is 4. The summed E-state index contributed by atoms with van der Waals surface area (Å²) in [4.78, 5) is 13.7. The Kier molecular flexibility index (Phi) is 4.62. The Hall–Kier alpha value is -2.80. The fraction of sp³-hybridized carbons (Fsp3) is 0.316. The molecule has 0 radical (unpaired) electrons. The molecule has 1 saturated heterocycles. The minimum Gasteiger partial charge on any atom is -0.353 e. The molecule has 0 atom stereocenters. The molecule has 0 spiro atoms. The van der Waals surface area contributed by atoms with E-state index in [9.17, 15) is 4.39 Å². The van der Waals surface area contributed by atoms with Crippen molar-refractivity contribution in [3.05, 3.63) is 60.4 Å². The lowest BCUT2D eigenvalue weighted by Crippen LogP contribution is -2.46. The van der Waals surface area contributed by atoms with Crippen molar-refractivity contribution < 1.29 is 4.39 Å². The number of benzene rings is 1. The number of anilines is 1. The zero-order chi connectivity index (χ0) is 17.9. The minimum absolute atomic E-state index is 0.189. The van der Waals surface area contributed by atoms with Gasteiger partial charge in [-0.15, -0.1) is 0 Å². The minimum atomic E-state index is -0.189. The molecule has 3 heterocycles. The van der Waals surface area contributed by atoms with Crippen molar-refractivity contribution in [2.45, 2.75) is 6.54 Å². The van der Waals surface area contributed by atoms with E-state index in [2.05, 4.69) is 19.9 Å². The summed E-state index contributed by atoms with van der Waals surface area (Å²) in [6.45, 7) is 4.51. The number of aryl methyl sites for hydroxylation is 1. The average Bonchev–Trinajstić information content (AvgIpc) is 3.11. The van der Waals surface area contributed by atoms with Crippen molar-refractivity contribution in [1.82, 2.24) is 24.6 Å². The maximum Gasteiger partial charge on any atom is 0.147 e. The topological polar surface area (TPSA) is 50.1 Å². The van der Waals surface area contributed by atoms with Crippen LogP contribution in [0.1, 0.15) is 5.56 Å². The van der Waals surface area contributed by atoms with E-state index in [1.807, 2.05) is 31.6 Å². The van der Waals surface area contributed by atoms with Gasteiger partial charge in [-0.05, 0) is 17.7 Å². The normalized spacial score (nSPS) is 15.4. The molecule has 0 N–H and O–H groups in total. The third-order valence-electron chi connectivity index (χ3n) is 4.64. The summed E-state index contributed by atoms with van der Waals surface area (Å²) in [6, 6.07) is 6.74. The van der Waals surface area contributed by atoms with E-state index in [0.29, 0.717) is 0 Å². The van der Waals surface area contributed by atoms with E-state index in [-0.39, 0.29) is 5.82 Å². The SMILES string of the molecule is Cn1cc(-c2cncc(N3CCN(Cc4ccc(F)cc4)CC3)n2)cn1. The second-order valence-corrected chi connectivity index (χ2v) is 6.55. The predicted octanol–water partition coefficient (Wildman–Crippen LogP) is 2.34. The molecular formula is C19H21FN6. The van der Waals surface area contributed by atoms with Gasteiger partial charge in [0.15, 0.2) is 0 Å². The zero-order valence-corrected chi connectivity index (χ0v) is 14.7. The van der Waals surface area contributed by atoms with Crippen LogP contribution in [-0.2, 0) is 13.6 Å². The van der Waals surface area contributed by atoms with Crippen LogP contribution in [0.3, 0.4) is 0 Å². The van der Waals surface area contributed by atoms with E-state index in [0.717, 1.165) is 55.4 Å². The number of hydrogen-bond acceptors (Lipinski definition) is 5. The van der Waals surface area contributed by atoms with Crippen LogP contribution >= 0.6 is 0 Å². The fourth-order valence-corrected chi connectivity index (χ4v) is 3.18. The van der Waals surface area contributed by atoms with Gasteiger partial charge in [-0.3, -0.25) is 14.6 Å². The third kappa shape index (κ3) is 3.72. The van der Waals surface area contributed by atoms with Gasteiger partial charge in [0.1, 0.15) is 11.6 Å². The summed E-state index contributed by atoms with van der Waals surface area (Å²) in [7, 11) is 1.89. The van der Waals surface area contributed by atoms with Crippen LogP contribution in [0.5, 0.6) is 0 Å². The van der Waals surface area contributed by atoms with Crippen molar-refractivity contribution >= 4 is 5.82 Å². The molecule has 7 heteroatoms. The predicted molar refractivity (Wildman–Crippen MR) is 98.1 cm³/mol. The van der Waals surface area contributed by atoms with Crippen molar-refractivity contribution in [3.63, 3.8) is 0 Å². The average molecular weight is 352 g/mol. The number of piperazine rings is 1. The smallest absolute Gasteiger partial charge is 0.147 e. The molecule has 2 aromatic heterocycles. The molecule has 1 aromatic carbocycles. The van der Waals surface area contributed by atoms with E-state index in [1.54, 1.807) is 17.1 Å². The summed E-state index contributed by atoms with van der Waals surface area (Å²) in [5.41, 5.74) is 2.94. The summed E-state index contributed by atoms with van der Waals surface area (Å²) >= 11 is 0. The Morgan fingerprint density at radius 3 is 2.46 bits per heavy atom. The van der Waals surface area contributed by atoms with E-state index in [1.165, 1.54) is 12.1 Å². The highest BCUT2D eigenvalue weighted by Crippen LogP contribution is 2.20. The maximum atomic E-state index is 13.0. The molecule has 0 saturated carbocycles. The molecule has 0 aliphatic carbocycles. The molecule has 1 fully saturated rings. The molecule has 1 aliphatic heterocycles. The van der Waals surface area contributed by atoms with Crippen LogP contribution < -0.4 is 4.90 Å². The van der Waals surface area contributed by atoms with E-state index >= 15 is 0 Å². The summed E-state index contributed by atoms with van der Waals surface area (Å²) in [5, 5.41) is 4.20. The van der Waals surface area contributed by atoms with Gasteiger partial charge in [0.25, 0.3) is 0 Å². The van der Waals surface area contributed by atoms with Gasteiger partial charge in [-0.25, -0.2) is 9.37 Å². The summed E-state index contributed by atoms with van der Waals surface area (Å²) < 4.78 is 14.8. The van der Waals surface area contributed by atoms with Crippen molar-refractivity contribution in [2.75, 3.05) is 31.1 Å². The van der Waals surface area contributed by atoms with Gasteiger partial charge in [0.2, 0.25) is 0 Å². The third-order valence-corrected chi connectivity index (χ3v) is 4.64. The molecule has 0 amide bonds. The maximum absolute atomic E-state index is 13.0. The van der Waals surface area contributed by atoms with Crippen LogP contribution in [0.15, 0.2) is 49.1 Å². The Morgan fingerprint density at radius 1 is 1.00 bits per heavy atom. The molecule has 3 aromatic rings. The second kappa shape index (κ2) is 7.21. The van der Waals surface area contributed by atoms with Gasteiger partial charge < -0.3 is 4.90 Å². The number of hydrogen-bond donors (Lipinski definition) is 0. The second-order valence-electron chi connectivity index (χ2n) is 6.55. The molecular weight excluding hydrogens is 331 g/mol. The molecule has 134 valence electrons. The highest BCUT2D eigenvalue weighted by molar-refractivity contribution is 5.58. The first-order valence-electron chi connectivity index (χ1n) is 8.70. The van der Waals surface area contributed by atoms with Crippen LogP contribution in [0.25, 0.3) is 11.3 Å². The van der Waals surface area contributed by atoms with Gasteiger partial charge in [0.05, 0.1) is 24.3 Å². The number of aromatic nitrogens is 4. The molecule has 26 heavy (non-hydrogen) atoms. The highest BCUT2D eigenvalue weighted by atomic mass is 19.1. The zero-order valence-electron chi connectivity index (χ0n) is 14.7. The number of nitrogens with zero attached hydrogens (tertiary/aromatic N) is 6. The van der Waals surface area contributed by atoms with Gasteiger partial charge in [0, 0.05) is 51.5 Å². The first-order chi connectivity index (χ1) is 12.7. The molecule has 4 rings (SSSR count). The molecule has 6 nitrogen and oxygen atoms in total. The van der Waals surface area contributed by atoms with Crippen LogP contribution in [0, 0.1) is 5.82 Å². The highest BCUT2D eigenvalue weighted by Gasteiger charge is 2.19. The Morgan fingerprint density at radius 2 is 1.77 bits per heavy atom. The van der Waals surface area contributed by atoms with Crippen LogP contribution in [0.4, 0.5) is 10.2 Å². The molecule has 0 unspecified atom stereocenters.